The molecule has 0 fully saturated rings. The molecule has 8 heteroatoms. The summed E-state index contributed by atoms with van der Waals surface area (Å²) in [4.78, 5) is 0. The average molecular weight is 256 g/mol. The molecule has 0 saturated heterocycles. The summed E-state index contributed by atoms with van der Waals surface area (Å²) in [6.45, 7) is -2.37. The summed E-state index contributed by atoms with van der Waals surface area (Å²) in [5.74, 6) is -3.40. The molecular weight excluding hydrogens is 248 g/mol. The third-order valence-corrected chi connectivity index (χ3v) is 0.961. The van der Waals surface area contributed by atoms with Crippen molar-refractivity contribution in [1.82, 2.24) is 0 Å². The average Bonchev–Trinajstić information content (AvgIpc) is 2.19. The van der Waals surface area contributed by atoms with Crippen LogP contribution in [0.2, 0.25) is 0 Å². The van der Waals surface area contributed by atoms with Gasteiger partial charge in [-0.05, 0) is 12.2 Å². The minimum absolute atomic E-state index is 0.199. The van der Waals surface area contributed by atoms with Crippen molar-refractivity contribution in [2.75, 3.05) is 13.3 Å². The highest BCUT2D eigenvalue weighted by Gasteiger charge is 2.08. The van der Waals surface area contributed by atoms with Crippen molar-refractivity contribution in [3.05, 3.63) is 23.8 Å². The first-order valence-corrected chi connectivity index (χ1v) is 3.76. The Balaban J connectivity index is 0. The van der Waals surface area contributed by atoms with Gasteiger partial charge in [0.2, 0.25) is 0 Å². The van der Waals surface area contributed by atoms with Crippen molar-refractivity contribution in [2.45, 2.75) is 12.9 Å². The van der Waals surface area contributed by atoms with Crippen LogP contribution < -0.4 is 0 Å². The van der Waals surface area contributed by atoms with Gasteiger partial charge in [0.25, 0.3) is 12.9 Å². The van der Waals surface area contributed by atoms with Gasteiger partial charge in [-0.15, -0.1) is 0 Å². The van der Waals surface area contributed by atoms with Crippen LogP contribution in [-0.2, 0) is 0 Å². The molecular formula is C8H8F8. The third-order valence-electron chi connectivity index (χ3n) is 0.961. The molecule has 0 aromatic heterocycles. The molecule has 0 rings (SSSR count). The molecule has 96 valence electrons. The molecule has 0 heterocycles. The maximum absolute atomic E-state index is 11.4. The molecule has 0 nitrogen and oxygen atoms in total. The van der Waals surface area contributed by atoms with Gasteiger partial charge in [-0.1, -0.05) is 0 Å². The lowest BCUT2D eigenvalue weighted by Gasteiger charge is -1.88. The molecule has 0 spiro atoms. The van der Waals surface area contributed by atoms with Crippen LogP contribution in [-0.4, -0.2) is 26.2 Å². The fraction of sp³-hybridized carbons (Fsp3) is 0.500. The van der Waals surface area contributed by atoms with E-state index in [1.54, 1.807) is 0 Å². The fourth-order valence-electron chi connectivity index (χ4n) is 0.326. The molecule has 16 heavy (non-hydrogen) atoms. The topological polar surface area (TPSA) is 0 Å². The minimum Gasteiger partial charge on any atom is -0.246 e. The second kappa shape index (κ2) is 10.4. The first-order chi connectivity index (χ1) is 7.36. The summed E-state index contributed by atoms with van der Waals surface area (Å²) in [6.07, 6.45) is -5.95. The highest BCUT2D eigenvalue weighted by Crippen LogP contribution is 2.08. The van der Waals surface area contributed by atoms with Gasteiger partial charge in [0.05, 0.1) is 0 Å². The Bertz CT molecular complexity index is 196. The van der Waals surface area contributed by atoms with Crippen LogP contribution in [0, 0.1) is 0 Å². The lowest BCUT2D eigenvalue weighted by molar-refractivity contribution is 0.157. The summed E-state index contributed by atoms with van der Waals surface area (Å²) >= 11 is 0. The van der Waals surface area contributed by atoms with Crippen LogP contribution in [0.5, 0.6) is 0 Å². The van der Waals surface area contributed by atoms with Crippen molar-refractivity contribution in [3.63, 3.8) is 0 Å². The van der Waals surface area contributed by atoms with Crippen LogP contribution in [0.15, 0.2) is 23.8 Å². The standard InChI is InChI=1S/2C4H4F4/c2*5-2-1-3(6)4(7)8/h2*1,4H,2H2. The predicted octanol–water partition coefficient (Wildman–Crippen LogP) is 4.15. The van der Waals surface area contributed by atoms with Gasteiger partial charge in [-0.25, -0.2) is 35.1 Å². The molecule has 0 aromatic rings. The van der Waals surface area contributed by atoms with Crippen molar-refractivity contribution in [3.8, 4) is 0 Å². The van der Waals surface area contributed by atoms with Gasteiger partial charge in [0.1, 0.15) is 13.3 Å². The van der Waals surface area contributed by atoms with Crippen LogP contribution in [0.3, 0.4) is 0 Å². The SMILES string of the molecule is FCC=C(F)C(F)F.FCC=C(F)C(F)F. The van der Waals surface area contributed by atoms with Gasteiger partial charge in [0, 0.05) is 0 Å². The van der Waals surface area contributed by atoms with E-state index in [4.69, 9.17) is 0 Å². The van der Waals surface area contributed by atoms with E-state index in [-0.39, 0.29) is 12.2 Å². The van der Waals surface area contributed by atoms with E-state index in [2.05, 4.69) is 0 Å². The number of hydrogen-bond donors (Lipinski definition) is 0. The second-order valence-corrected chi connectivity index (χ2v) is 2.09. The largest absolute Gasteiger partial charge is 0.289 e. The van der Waals surface area contributed by atoms with Gasteiger partial charge in [-0.2, -0.15) is 0 Å². The highest BCUT2D eigenvalue weighted by molar-refractivity contribution is 4.94. The molecule has 0 N–H and O–H groups in total. The van der Waals surface area contributed by atoms with Crippen LogP contribution >= 0.6 is 0 Å². The van der Waals surface area contributed by atoms with Gasteiger partial charge >= 0.3 is 0 Å². The summed E-state index contributed by atoms with van der Waals surface area (Å²) < 4.78 is 88.7. The first-order valence-electron chi connectivity index (χ1n) is 3.76. The normalized spacial score (nSPS) is 12.9. The monoisotopic (exact) mass is 256 g/mol. The smallest absolute Gasteiger partial charge is 0.246 e. The first kappa shape index (κ1) is 17.3. The lowest BCUT2D eigenvalue weighted by Crippen LogP contribution is -1.89. The molecule has 0 aliphatic rings. The van der Waals surface area contributed by atoms with Gasteiger partial charge in [-0.3, -0.25) is 0 Å². The Kier molecular flexibility index (Phi) is 11.3. The van der Waals surface area contributed by atoms with E-state index in [9.17, 15) is 35.1 Å². The highest BCUT2D eigenvalue weighted by atomic mass is 19.3. The summed E-state index contributed by atoms with van der Waals surface area (Å²) in [5.41, 5.74) is 0. The van der Waals surface area contributed by atoms with Crippen LogP contribution in [0.1, 0.15) is 0 Å². The molecule has 0 amide bonds. The number of rotatable bonds is 4. The Morgan fingerprint density at radius 3 is 1.06 bits per heavy atom. The van der Waals surface area contributed by atoms with E-state index >= 15 is 0 Å². The van der Waals surface area contributed by atoms with Crippen molar-refractivity contribution in [2.24, 2.45) is 0 Å². The zero-order valence-corrected chi connectivity index (χ0v) is 7.75. The minimum atomic E-state index is -3.18. The number of alkyl halides is 6. The van der Waals surface area contributed by atoms with E-state index in [1.807, 2.05) is 0 Å². The summed E-state index contributed by atoms with van der Waals surface area (Å²) in [5, 5.41) is 0. The quantitative estimate of drug-likeness (QED) is 0.663. The second-order valence-electron chi connectivity index (χ2n) is 2.09. The van der Waals surface area contributed by atoms with E-state index in [0.29, 0.717) is 0 Å². The molecule has 0 aliphatic carbocycles. The number of halogens is 8. The van der Waals surface area contributed by atoms with E-state index in [0.717, 1.165) is 0 Å². The Hall–Kier alpha value is -1.08. The lowest BCUT2D eigenvalue weighted by atomic mass is 10.5. The van der Waals surface area contributed by atoms with Crippen LogP contribution in [0.25, 0.3) is 0 Å². The number of allylic oxidation sites excluding steroid dienone is 4. The van der Waals surface area contributed by atoms with Crippen molar-refractivity contribution >= 4 is 0 Å². The zero-order valence-electron chi connectivity index (χ0n) is 7.75. The Morgan fingerprint density at radius 2 is 1.00 bits per heavy atom. The zero-order chi connectivity index (χ0) is 13.1. The predicted molar refractivity (Wildman–Crippen MR) is 42.3 cm³/mol. The molecule has 0 radical (unpaired) electrons. The van der Waals surface area contributed by atoms with Crippen molar-refractivity contribution < 1.29 is 35.1 Å². The maximum atomic E-state index is 11.4. The third kappa shape index (κ3) is 11.0. The molecule has 0 saturated carbocycles. The summed E-state index contributed by atoms with van der Waals surface area (Å²) in [7, 11) is 0. The molecule has 0 atom stereocenters. The molecule has 0 unspecified atom stereocenters. The molecule has 0 aliphatic heterocycles. The number of hydrogen-bond acceptors (Lipinski definition) is 0. The van der Waals surface area contributed by atoms with Crippen LogP contribution in [0.4, 0.5) is 35.1 Å². The van der Waals surface area contributed by atoms with Crippen molar-refractivity contribution in [1.29, 1.82) is 0 Å². The maximum Gasteiger partial charge on any atom is 0.289 e. The van der Waals surface area contributed by atoms with E-state index in [1.165, 1.54) is 0 Å². The van der Waals surface area contributed by atoms with Gasteiger partial charge < -0.3 is 0 Å². The summed E-state index contributed by atoms with van der Waals surface area (Å²) in [6, 6.07) is 0. The molecule has 0 aromatic carbocycles. The Labute approximate surface area is 86.2 Å². The molecule has 0 bridgehead atoms. The van der Waals surface area contributed by atoms with Gasteiger partial charge in [0.15, 0.2) is 11.7 Å². The van der Waals surface area contributed by atoms with E-state index < -0.39 is 37.9 Å². The fourth-order valence-corrected chi connectivity index (χ4v) is 0.326. The Morgan fingerprint density at radius 1 is 0.750 bits per heavy atom.